The van der Waals surface area contributed by atoms with Gasteiger partial charge in [0.1, 0.15) is 0 Å². The Morgan fingerprint density at radius 3 is 2.56 bits per heavy atom. The van der Waals surface area contributed by atoms with E-state index in [0.717, 1.165) is 11.3 Å². The lowest BCUT2D eigenvalue weighted by molar-refractivity contribution is 0.181. The standard InChI is InChI=1S/C14H19N3O/c1-12-7-9-17(16-12)10-8-14(15,11-18)13-5-3-2-4-6-13/h2-7,9,18H,8,10-11,15H2,1H3. The Balaban J connectivity index is 2.09. The van der Waals surface area contributed by atoms with Gasteiger partial charge in [0, 0.05) is 12.7 Å². The van der Waals surface area contributed by atoms with Crippen molar-refractivity contribution in [2.24, 2.45) is 5.73 Å². The monoisotopic (exact) mass is 245 g/mol. The summed E-state index contributed by atoms with van der Waals surface area (Å²) in [5.41, 5.74) is 7.52. The molecule has 0 saturated heterocycles. The maximum Gasteiger partial charge on any atom is 0.0661 e. The van der Waals surface area contributed by atoms with Crippen LogP contribution in [0.4, 0.5) is 0 Å². The highest BCUT2D eigenvalue weighted by molar-refractivity contribution is 5.23. The highest BCUT2D eigenvalue weighted by atomic mass is 16.3. The van der Waals surface area contributed by atoms with Crippen molar-refractivity contribution in [1.29, 1.82) is 0 Å². The van der Waals surface area contributed by atoms with Crippen LogP contribution in [-0.2, 0) is 12.1 Å². The van der Waals surface area contributed by atoms with Crippen molar-refractivity contribution in [1.82, 2.24) is 9.78 Å². The van der Waals surface area contributed by atoms with Gasteiger partial charge in [-0.15, -0.1) is 0 Å². The lowest BCUT2D eigenvalue weighted by Crippen LogP contribution is -2.41. The molecule has 1 unspecified atom stereocenters. The van der Waals surface area contributed by atoms with Gasteiger partial charge in [0.15, 0.2) is 0 Å². The second-order valence-electron chi connectivity index (χ2n) is 4.65. The molecule has 1 aromatic heterocycles. The molecule has 0 fully saturated rings. The number of rotatable bonds is 5. The van der Waals surface area contributed by atoms with E-state index in [0.29, 0.717) is 13.0 Å². The summed E-state index contributed by atoms with van der Waals surface area (Å²) in [5, 5.41) is 13.9. The molecule has 0 amide bonds. The van der Waals surface area contributed by atoms with E-state index >= 15 is 0 Å². The van der Waals surface area contributed by atoms with Crippen molar-refractivity contribution >= 4 is 0 Å². The van der Waals surface area contributed by atoms with Gasteiger partial charge < -0.3 is 10.8 Å². The van der Waals surface area contributed by atoms with Gasteiger partial charge in [-0.3, -0.25) is 4.68 Å². The minimum atomic E-state index is -0.707. The number of hydrogen-bond donors (Lipinski definition) is 2. The van der Waals surface area contributed by atoms with Gasteiger partial charge in [-0.05, 0) is 25.0 Å². The second kappa shape index (κ2) is 5.33. The minimum absolute atomic E-state index is 0.0722. The molecule has 96 valence electrons. The fourth-order valence-electron chi connectivity index (χ4n) is 1.99. The van der Waals surface area contributed by atoms with E-state index in [2.05, 4.69) is 5.10 Å². The summed E-state index contributed by atoms with van der Waals surface area (Å²) in [6.07, 6.45) is 2.58. The van der Waals surface area contributed by atoms with Crippen LogP contribution in [0.3, 0.4) is 0 Å². The molecule has 18 heavy (non-hydrogen) atoms. The summed E-state index contributed by atoms with van der Waals surface area (Å²) in [6, 6.07) is 11.7. The summed E-state index contributed by atoms with van der Waals surface area (Å²) in [7, 11) is 0. The lowest BCUT2D eigenvalue weighted by Gasteiger charge is -2.27. The van der Waals surface area contributed by atoms with Gasteiger partial charge in [-0.2, -0.15) is 5.10 Å². The van der Waals surface area contributed by atoms with Crippen molar-refractivity contribution in [2.45, 2.75) is 25.4 Å². The van der Waals surface area contributed by atoms with Gasteiger partial charge in [-0.25, -0.2) is 0 Å². The quantitative estimate of drug-likeness (QED) is 0.837. The Labute approximate surface area is 107 Å². The predicted octanol–water partition coefficient (Wildman–Crippen LogP) is 1.43. The van der Waals surface area contributed by atoms with Gasteiger partial charge in [0.25, 0.3) is 0 Å². The molecule has 0 radical (unpaired) electrons. The first-order chi connectivity index (χ1) is 8.64. The molecule has 0 saturated carbocycles. The first-order valence-electron chi connectivity index (χ1n) is 6.09. The third-order valence-corrected chi connectivity index (χ3v) is 3.19. The third-order valence-electron chi connectivity index (χ3n) is 3.19. The van der Waals surface area contributed by atoms with Crippen LogP contribution in [0.1, 0.15) is 17.7 Å². The number of aryl methyl sites for hydroxylation is 2. The highest BCUT2D eigenvalue weighted by Crippen LogP contribution is 2.22. The molecule has 0 bridgehead atoms. The summed E-state index contributed by atoms with van der Waals surface area (Å²) in [5.74, 6) is 0. The zero-order valence-electron chi connectivity index (χ0n) is 10.6. The van der Waals surface area contributed by atoms with Crippen LogP contribution >= 0.6 is 0 Å². The number of nitrogens with two attached hydrogens (primary N) is 1. The van der Waals surface area contributed by atoms with E-state index in [1.807, 2.05) is 54.2 Å². The summed E-state index contributed by atoms with van der Waals surface area (Å²) in [6.45, 7) is 2.58. The predicted molar refractivity (Wildman–Crippen MR) is 71.0 cm³/mol. The van der Waals surface area contributed by atoms with E-state index < -0.39 is 5.54 Å². The van der Waals surface area contributed by atoms with Crippen molar-refractivity contribution in [3.8, 4) is 0 Å². The Bertz CT molecular complexity index is 495. The van der Waals surface area contributed by atoms with Crippen LogP contribution in [0.15, 0.2) is 42.6 Å². The number of hydrogen-bond acceptors (Lipinski definition) is 3. The highest BCUT2D eigenvalue weighted by Gasteiger charge is 2.26. The van der Waals surface area contributed by atoms with Crippen LogP contribution < -0.4 is 5.73 Å². The minimum Gasteiger partial charge on any atom is -0.394 e. The smallest absolute Gasteiger partial charge is 0.0661 e. The van der Waals surface area contributed by atoms with E-state index in [9.17, 15) is 5.11 Å². The van der Waals surface area contributed by atoms with E-state index in [1.54, 1.807) is 0 Å². The number of aliphatic hydroxyl groups excluding tert-OH is 1. The molecular weight excluding hydrogens is 226 g/mol. The van der Waals surface area contributed by atoms with Crippen molar-refractivity contribution in [3.63, 3.8) is 0 Å². The normalized spacial score (nSPS) is 14.4. The van der Waals surface area contributed by atoms with Gasteiger partial charge >= 0.3 is 0 Å². The average Bonchev–Trinajstić information content (AvgIpc) is 2.83. The summed E-state index contributed by atoms with van der Waals surface area (Å²) < 4.78 is 1.86. The second-order valence-corrected chi connectivity index (χ2v) is 4.65. The number of benzene rings is 1. The zero-order valence-corrected chi connectivity index (χ0v) is 10.6. The molecule has 0 aliphatic heterocycles. The first kappa shape index (κ1) is 12.8. The molecule has 2 aromatic rings. The molecule has 0 aliphatic carbocycles. The van der Waals surface area contributed by atoms with Gasteiger partial charge in [0.05, 0.1) is 17.8 Å². The summed E-state index contributed by atoms with van der Waals surface area (Å²) in [4.78, 5) is 0. The van der Waals surface area contributed by atoms with E-state index in [4.69, 9.17) is 5.73 Å². The molecular formula is C14H19N3O. The fourth-order valence-corrected chi connectivity index (χ4v) is 1.99. The van der Waals surface area contributed by atoms with E-state index in [1.165, 1.54) is 0 Å². The van der Waals surface area contributed by atoms with Crippen LogP contribution in [0.5, 0.6) is 0 Å². The zero-order chi connectivity index (χ0) is 13.0. The van der Waals surface area contributed by atoms with Crippen LogP contribution in [0.25, 0.3) is 0 Å². The number of nitrogens with zero attached hydrogens (tertiary/aromatic N) is 2. The Kier molecular flexibility index (Phi) is 3.79. The molecule has 4 nitrogen and oxygen atoms in total. The topological polar surface area (TPSA) is 64.1 Å². The molecule has 2 rings (SSSR count). The number of aliphatic hydroxyl groups is 1. The molecule has 0 aliphatic rings. The third kappa shape index (κ3) is 2.78. The molecule has 1 atom stereocenters. The molecule has 1 heterocycles. The van der Waals surface area contributed by atoms with E-state index in [-0.39, 0.29) is 6.61 Å². The van der Waals surface area contributed by atoms with Crippen LogP contribution in [0.2, 0.25) is 0 Å². The Morgan fingerprint density at radius 1 is 1.28 bits per heavy atom. The van der Waals surface area contributed by atoms with Crippen molar-refractivity contribution in [2.75, 3.05) is 6.61 Å². The van der Waals surface area contributed by atoms with Crippen molar-refractivity contribution < 1.29 is 5.11 Å². The molecule has 4 heteroatoms. The first-order valence-corrected chi connectivity index (χ1v) is 6.09. The molecule has 0 spiro atoms. The maximum atomic E-state index is 9.57. The van der Waals surface area contributed by atoms with Crippen LogP contribution in [-0.4, -0.2) is 21.5 Å². The fraction of sp³-hybridized carbons (Fsp3) is 0.357. The Hall–Kier alpha value is -1.65. The van der Waals surface area contributed by atoms with Crippen LogP contribution in [0, 0.1) is 6.92 Å². The molecule has 1 aromatic carbocycles. The maximum absolute atomic E-state index is 9.57. The average molecular weight is 245 g/mol. The lowest BCUT2D eigenvalue weighted by atomic mass is 9.88. The van der Waals surface area contributed by atoms with Gasteiger partial charge in [0.2, 0.25) is 0 Å². The molecule has 3 N–H and O–H groups in total. The SMILES string of the molecule is Cc1ccn(CCC(N)(CO)c2ccccc2)n1. The summed E-state index contributed by atoms with van der Waals surface area (Å²) >= 11 is 0. The number of aromatic nitrogens is 2. The van der Waals surface area contributed by atoms with Crippen molar-refractivity contribution in [3.05, 3.63) is 53.9 Å². The Morgan fingerprint density at radius 2 is 2.00 bits per heavy atom. The largest absolute Gasteiger partial charge is 0.394 e. The van der Waals surface area contributed by atoms with Gasteiger partial charge in [-0.1, -0.05) is 30.3 Å².